The van der Waals surface area contributed by atoms with E-state index in [1.807, 2.05) is 6.07 Å². The van der Waals surface area contributed by atoms with E-state index >= 15 is 0 Å². The van der Waals surface area contributed by atoms with Crippen LogP contribution in [0, 0.1) is 5.92 Å². The molecule has 3 aromatic rings. The highest BCUT2D eigenvalue weighted by molar-refractivity contribution is 5.80. The quantitative estimate of drug-likeness (QED) is 0.583. The number of hydrogen-bond donors (Lipinski definition) is 1. The SMILES string of the molecule is O=C(NCCCc1nc2ccccc2n1CCCc1ccccc1)C1CC1. The Labute approximate surface area is 160 Å². The van der Waals surface area contributed by atoms with Crippen LogP contribution in [0.15, 0.2) is 54.6 Å². The number of nitrogens with zero attached hydrogens (tertiary/aromatic N) is 2. The van der Waals surface area contributed by atoms with Crippen LogP contribution in [0.3, 0.4) is 0 Å². The van der Waals surface area contributed by atoms with Gasteiger partial charge in [-0.05, 0) is 49.8 Å². The van der Waals surface area contributed by atoms with Crippen molar-refractivity contribution in [3.05, 3.63) is 66.0 Å². The minimum atomic E-state index is 0.228. The molecule has 0 spiro atoms. The van der Waals surface area contributed by atoms with Crippen molar-refractivity contribution in [1.29, 1.82) is 0 Å². The lowest BCUT2D eigenvalue weighted by Gasteiger charge is -2.10. The van der Waals surface area contributed by atoms with Gasteiger partial charge in [-0.25, -0.2) is 4.98 Å². The summed E-state index contributed by atoms with van der Waals surface area (Å²) in [5.41, 5.74) is 3.66. The van der Waals surface area contributed by atoms with Crippen LogP contribution >= 0.6 is 0 Å². The van der Waals surface area contributed by atoms with Gasteiger partial charge in [0.15, 0.2) is 0 Å². The van der Waals surface area contributed by atoms with E-state index in [0.29, 0.717) is 0 Å². The topological polar surface area (TPSA) is 46.9 Å². The lowest BCUT2D eigenvalue weighted by Crippen LogP contribution is -2.26. The van der Waals surface area contributed by atoms with Crippen LogP contribution in [0.1, 0.15) is 37.1 Å². The summed E-state index contributed by atoms with van der Waals surface area (Å²) >= 11 is 0. The van der Waals surface area contributed by atoms with Crippen LogP contribution in [0.25, 0.3) is 11.0 Å². The van der Waals surface area contributed by atoms with Gasteiger partial charge in [0.25, 0.3) is 0 Å². The van der Waals surface area contributed by atoms with Gasteiger partial charge in [-0.3, -0.25) is 4.79 Å². The van der Waals surface area contributed by atoms with E-state index in [9.17, 15) is 4.79 Å². The lowest BCUT2D eigenvalue weighted by atomic mass is 10.1. The van der Waals surface area contributed by atoms with Crippen molar-refractivity contribution >= 4 is 16.9 Å². The minimum Gasteiger partial charge on any atom is -0.356 e. The number of benzene rings is 2. The van der Waals surface area contributed by atoms with Crippen molar-refractivity contribution in [2.45, 2.75) is 45.1 Å². The van der Waals surface area contributed by atoms with Gasteiger partial charge in [0, 0.05) is 25.4 Å². The smallest absolute Gasteiger partial charge is 0.223 e. The fourth-order valence-corrected chi connectivity index (χ4v) is 3.60. The highest BCUT2D eigenvalue weighted by atomic mass is 16.2. The molecular weight excluding hydrogens is 334 g/mol. The Bertz CT molecular complexity index is 896. The molecule has 4 heteroatoms. The summed E-state index contributed by atoms with van der Waals surface area (Å²) in [6.45, 7) is 1.71. The Balaban J connectivity index is 1.38. The molecule has 1 saturated carbocycles. The van der Waals surface area contributed by atoms with E-state index in [1.54, 1.807) is 0 Å². The number of para-hydroxylation sites is 2. The molecule has 1 heterocycles. The molecule has 140 valence electrons. The molecule has 4 rings (SSSR count). The summed E-state index contributed by atoms with van der Waals surface area (Å²) in [5.74, 6) is 1.64. The summed E-state index contributed by atoms with van der Waals surface area (Å²) in [4.78, 5) is 16.6. The number of hydrogen-bond acceptors (Lipinski definition) is 2. The Kier molecular flexibility index (Phi) is 5.52. The standard InChI is InChI=1S/C23H27N3O/c27-23(19-14-15-19)24-16-6-13-22-25-20-11-4-5-12-21(20)26(22)17-7-10-18-8-2-1-3-9-18/h1-5,8-9,11-12,19H,6-7,10,13-17H2,(H,24,27). The molecule has 0 bridgehead atoms. The molecule has 4 nitrogen and oxygen atoms in total. The normalized spacial score (nSPS) is 13.8. The molecule has 0 unspecified atom stereocenters. The van der Waals surface area contributed by atoms with Gasteiger partial charge in [-0.2, -0.15) is 0 Å². The Hall–Kier alpha value is -2.62. The zero-order chi connectivity index (χ0) is 18.5. The van der Waals surface area contributed by atoms with Crippen molar-refractivity contribution < 1.29 is 4.79 Å². The third-order valence-corrected chi connectivity index (χ3v) is 5.25. The van der Waals surface area contributed by atoms with Gasteiger partial charge in [0.2, 0.25) is 5.91 Å². The Morgan fingerprint density at radius 3 is 2.59 bits per heavy atom. The highest BCUT2D eigenvalue weighted by Gasteiger charge is 2.28. The first-order valence-electron chi connectivity index (χ1n) is 10.1. The van der Waals surface area contributed by atoms with E-state index in [0.717, 1.165) is 63.0 Å². The molecule has 0 radical (unpaired) electrons. The minimum absolute atomic E-state index is 0.228. The van der Waals surface area contributed by atoms with Crippen LogP contribution in [-0.4, -0.2) is 22.0 Å². The second-order valence-corrected chi connectivity index (χ2v) is 7.43. The third-order valence-electron chi connectivity index (χ3n) is 5.25. The van der Waals surface area contributed by atoms with Crippen LogP contribution in [-0.2, 0) is 24.2 Å². The summed E-state index contributed by atoms with van der Waals surface area (Å²) in [5, 5.41) is 3.06. The monoisotopic (exact) mass is 361 g/mol. The summed E-state index contributed by atoms with van der Waals surface area (Å²) < 4.78 is 2.36. The molecule has 1 aromatic heterocycles. The predicted molar refractivity (Wildman–Crippen MR) is 109 cm³/mol. The Morgan fingerprint density at radius 2 is 1.78 bits per heavy atom. The maximum atomic E-state index is 11.8. The maximum absolute atomic E-state index is 11.8. The molecule has 1 aliphatic carbocycles. The molecule has 0 atom stereocenters. The second kappa shape index (κ2) is 8.38. The van der Waals surface area contributed by atoms with E-state index in [2.05, 4.69) is 58.4 Å². The van der Waals surface area contributed by atoms with Crippen LogP contribution < -0.4 is 5.32 Å². The first-order valence-corrected chi connectivity index (χ1v) is 10.1. The van der Waals surface area contributed by atoms with Gasteiger partial charge < -0.3 is 9.88 Å². The van der Waals surface area contributed by atoms with Crippen molar-refractivity contribution in [3.8, 4) is 0 Å². The number of nitrogens with one attached hydrogen (secondary N) is 1. The molecule has 1 fully saturated rings. The average molecular weight is 361 g/mol. The third kappa shape index (κ3) is 4.57. The average Bonchev–Trinajstić information content (AvgIpc) is 3.49. The maximum Gasteiger partial charge on any atom is 0.223 e. The van der Waals surface area contributed by atoms with E-state index < -0.39 is 0 Å². The number of aryl methyl sites for hydroxylation is 3. The number of rotatable bonds is 9. The van der Waals surface area contributed by atoms with Crippen molar-refractivity contribution in [2.75, 3.05) is 6.54 Å². The van der Waals surface area contributed by atoms with Crippen molar-refractivity contribution in [1.82, 2.24) is 14.9 Å². The summed E-state index contributed by atoms with van der Waals surface area (Å²) in [7, 11) is 0. The van der Waals surface area contributed by atoms with Crippen molar-refractivity contribution in [3.63, 3.8) is 0 Å². The molecule has 2 aromatic carbocycles. The lowest BCUT2D eigenvalue weighted by molar-refractivity contribution is -0.122. The van der Waals surface area contributed by atoms with Gasteiger partial charge in [0.05, 0.1) is 11.0 Å². The number of imidazole rings is 1. The van der Waals surface area contributed by atoms with E-state index in [-0.39, 0.29) is 11.8 Å². The zero-order valence-electron chi connectivity index (χ0n) is 15.7. The number of carbonyl (C=O) groups is 1. The first-order chi connectivity index (χ1) is 13.3. The van der Waals surface area contributed by atoms with Crippen LogP contribution in [0.4, 0.5) is 0 Å². The van der Waals surface area contributed by atoms with Gasteiger partial charge in [-0.15, -0.1) is 0 Å². The fraction of sp³-hybridized carbons (Fsp3) is 0.391. The second-order valence-electron chi connectivity index (χ2n) is 7.43. The van der Waals surface area contributed by atoms with Crippen LogP contribution in [0.2, 0.25) is 0 Å². The molecule has 1 aliphatic rings. The van der Waals surface area contributed by atoms with Gasteiger partial charge in [0.1, 0.15) is 5.82 Å². The molecule has 1 amide bonds. The van der Waals surface area contributed by atoms with E-state index in [1.165, 1.54) is 11.1 Å². The Morgan fingerprint density at radius 1 is 1.00 bits per heavy atom. The summed E-state index contributed by atoms with van der Waals surface area (Å²) in [6.07, 6.45) is 6.11. The van der Waals surface area contributed by atoms with Crippen molar-refractivity contribution in [2.24, 2.45) is 5.92 Å². The molecule has 0 saturated heterocycles. The molecule has 27 heavy (non-hydrogen) atoms. The highest BCUT2D eigenvalue weighted by Crippen LogP contribution is 2.28. The van der Waals surface area contributed by atoms with Gasteiger partial charge in [-0.1, -0.05) is 42.5 Å². The molecule has 0 aliphatic heterocycles. The van der Waals surface area contributed by atoms with Gasteiger partial charge >= 0.3 is 0 Å². The fourth-order valence-electron chi connectivity index (χ4n) is 3.60. The zero-order valence-corrected chi connectivity index (χ0v) is 15.7. The molecule has 1 N–H and O–H groups in total. The number of amides is 1. The number of carbonyl (C=O) groups excluding carboxylic acids is 1. The first kappa shape index (κ1) is 17.8. The largest absolute Gasteiger partial charge is 0.356 e. The van der Waals surface area contributed by atoms with E-state index in [4.69, 9.17) is 4.98 Å². The molecular formula is C23H27N3O. The summed E-state index contributed by atoms with van der Waals surface area (Å²) in [6, 6.07) is 19.0. The predicted octanol–water partition coefficient (Wildman–Crippen LogP) is 4.13. The number of aromatic nitrogens is 2. The number of fused-ring (bicyclic) bond motifs is 1. The van der Waals surface area contributed by atoms with Crippen LogP contribution in [0.5, 0.6) is 0 Å².